The highest BCUT2D eigenvalue weighted by molar-refractivity contribution is 5.75. The molecule has 0 saturated heterocycles. The molecule has 1 aromatic heterocycles. The Morgan fingerprint density at radius 2 is 2.26 bits per heavy atom. The maximum atomic E-state index is 11.6. The molecular weight excluding hydrogens is 242 g/mol. The highest BCUT2D eigenvalue weighted by atomic mass is 16.2. The van der Waals surface area contributed by atoms with Gasteiger partial charge in [0.15, 0.2) is 5.82 Å². The normalized spacial score (nSPS) is 10.7. The van der Waals surface area contributed by atoms with Crippen molar-refractivity contribution in [3.63, 3.8) is 0 Å². The predicted octanol–water partition coefficient (Wildman–Crippen LogP) is 1.05. The third-order valence-electron chi connectivity index (χ3n) is 2.44. The van der Waals surface area contributed by atoms with Crippen molar-refractivity contribution in [2.24, 2.45) is 0 Å². The minimum atomic E-state index is -0.0842. The van der Waals surface area contributed by atoms with E-state index in [4.69, 9.17) is 5.73 Å². The summed E-state index contributed by atoms with van der Waals surface area (Å²) in [7, 11) is 0. The minimum absolute atomic E-state index is 0.0842. The monoisotopic (exact) mass is 259 g/mol. The van der Waals surface area contributed by atoms with Crippen LogP contribution in [0, 0.1) is 0 Å². The standard InChI is InChI=1S/C13H17N5O/c1-9(2)16-12(19)7-18-8-15-13(17-18)10-4-3-5-11(14)6-10/h3-6,8-9H,7,14H2,1-2H3,(H,16,19). The maximum absolute atomic E-state index is 11.6. The van der Waals surface area contributed by atoms with Crippen LogP contribution in [0.5, 0.6) is 0 Å². The maximum Gasteiger partial charge on any atom is 0.241 e. The Bertz CT molecular complexity index is 576. The van der Waals surface area contributed by atoms with Crippen LogP contribution in [0.2, 0.25) is 0 Å². The fourth-order valence-electron chi connectivity index (χ4n) is 1.70. The number of benzene rings is 1. The second kappa shape index (κ2) is 5.51. The zero-order chi connectivity index (χ0) is 13.8. The summed E-state index contributed by atoms with van der Waals surface area (Å²) < 4.78 is 1.51. The van der Waals surface area contributed by atoms with Gasteiger partial charge in [0, 0.05) is 17.3 Å². The number of nitrogens with two attached hydrogens (primary N) is 1. The van der Waals surface area contributed by atoms with E-state index in [9.17, 15) is 4.79 Å². The van der Waals surface area contributed by atoms with Gasteiger partial charge in [-0.25, -0.2) is 9.67 Å². The third-order valence-corrected chi connectivity index (χ3v) is 2.44. The molecule has 1 heterocycles. The Balaban J connectivity index is 2.09. The van der Waals surface area contributed by atoms with E-state index in [1.165, 1.54) is 4.68 Å². The van der Waals surface area contributed by atoms with E-state index in [0.717, 1.165) is 5.56 Å². The van der Waals surface area contributed by atoms with Crippen LogP contribution in [-0.2, 0) is 11.3 Å². The van der Waals surface area contributed by atoms with Gasteiger partial charge in [-0.15, -0.1) is 0 Å². The fourth-order valence-corrected chi connectivity index (χ4v) is 1.70. The fraction of sp³-hybridized carbons (Fsp3) is 0.308. The van der Waals surface area contributed by atoms with E-state index in [1.807, 2.05) is 26.0 Å². The van der Waals surface area contributed by atoms with Crippen molar-refractivity contribution in [1.82, 2.24) is 20.1 Å². The second-order valence-electron chi connectivity index (χ2n) is 4.61. The Kier molecular flexibility index (Phi) is 3.79. The molecule has 19 heavy (non-hydrogen) atoms. The first kappa shape index (κ1) is 13.1. The molecule has 0 spiro atoms. The van der Waals surface area contributed by atoms with Crippen molar-refractivity contribution in [3.05, 3.63) is 30.6 Å². The topological polar surface area (TPSA) is 85.8 Å². The van der Waals surface area contributed by atoms with E-state index in [0.29, 0.717) is 11.5 Å². The lowest BCUT2D eigenvalue weighted by molar-refractivity contribution is -0.122. The summed E-state index contributed by atoms with van der Waals surface area (Å²) in [5.74, 6) is 0.476. The molecule has 0 aliphatic rings. The molecule has 0 unspecified atom stereocenters. The van der Waals surface area contributed by atoms with Gasteiger partial charge >= 0.3 is 0 Å². The Morgan fingerprint density at radius 3 is 2.95 bits per heavy atom. The Labute approximate surface area is 111 Å². The van der Waals surface area contributed by atoms with Crippen LogP contribution in [0.25, 0.3) is 11.4 Å². The van der Waals surface area contributed by atoms with Crippen LogP contribution in [0.15, 0.2) is 30.6 Å². The third kappa shape index (κ3) is 3.54. The highest BCUT2D eigenvalue weighted by Crippen LogP contribution is 2.16. The van der Waals surface area contributed by atoms with Crippen LogP contribution < -0.4 is 11.1 Å². The lowest BCUT2D eigenvalue weighted by Crippen LogP contribution is -2.33. The van der Waals surface area contributed by atoms with Gasteiger partial charge in [0.2, 0.25) is 5.91 Å². The number of carbonyl (C=O) groups excluding carboxylic acids is 1. The molecule has 3 N–H and O–H groups in total. The smallest absolute Gasteiger partial charge is 0.241 e. The lowest BCUT2D eigenvalue weighted by atomic mass is 10.2. The van der Waals surface area contributed by atoms with Gasteiger partial charge in [-0.2, -0.15) is 5.10 Å². The number of hydrogen-bond acceptors (Lipinski definition) is 4. The van der Waals surface area contributed by atoms with Gasteiger partial charge < -0.3 is 11.1 Å². The van der Waals surface area contributed by atoms with Gasteiger partial charge in [-0.3, -0.25) is 4.79 Å². The molecule has 0 aliphatic carbocycles. The first-order valence-electron chi connectivity index (χ1n) is 6.09. The minimum Gasteiger partial charge on any atom is -0.399 e. The van der Waals surface area contributed by atoms with Crippen molar-refractivity contribution in [2.75, 3.05) is 5.73 Å². The van der Waals surface area contributed by atoms with Crippen molar-refractivity contribution < 1.29 is 4.79 Å². The molecule has 2 aromatic rings. The van der Waals surface area contributed by atoms with E-state index >= 15 is 0 Å². The van der Waals surface area contributed by atoms with Gasteiger partial charge in [-0.1, -0.05) is 12.1 Å². The molecule has 0 saturated carbocycles. The summed E-state index contributed by atoms with van der Waals surface area (Å²) in [6, 6.07) is 7.44. The Morgan fingerprint density at radius 1 is 1.47 bits per heavy atom. The summed E-state index contributed by atoms with van der Waals surface area (Å²) in [6.45, 7) is 3.99. The summed E-state index contributed by atoms with van der Waals surface area (Å²) in [5.41, 5.74) is 7.21. The van der Waals surface area contributed by atoms with Crippen LogP contribution in [0.4, 0.5) is 5.69 Å². The lowest BCUT2D eigenvalue weighted by Gasteiger charge is -2.07. The first-order valence-corrected chi connectivity index (χ1v) is 6.09. The van der Waals surface area contributed by atoms with Gasteiger partial charge in [0.1, 0.15) is 12.9 Å². The van der Waals surface area contributed by atoms with Gasteiger partial charge in [0.25, 0.3) is 0 Å². The molecule has 0 atom stereocenters. The summed E-state index contributed by atoms with van der Waals surface area (Å²) in [4.78, 5) is 15.8. The number of anilines is 1. The number of rotatable bonds is 4. The summed E-state index contributed by atoms with van der Waals surface area (Å²) in [6.07, 6.45) is 1.54. The number of nitrogen functional groups attached to an aromatic ring is 1. The molecule has 1 amide bonds. The highest BCUT2D eigenvalue weighted by Gasteiger charge is 2.08. The van der Waals surface area contributed by atoms with Crippen LogP contribution in [0.3, 0.4) is 0 Å². The number of nitrogens with zero attached hydrogens (tertiary/aromatic N) is 3. The van der Waals surface area contributed by atoms with Crippen LogP contribution in [-0.4, -0.2) is 26.7 Å². The van der Waals surface area contributed by atoms with Gasteiger partial charge in [-0.05, 0) is 26.0 Å². The SMILES string of the molecule is CC(C)NC(=O)Cn1cnc(-c2cccc(N)c2)n1. The number of hydrogen-bond donors (Lipinski definition) is 2. The molecule has 1 aromatic carbocycles. The zero-order valence-corrected chi connectivity index (χ0v) is 11.0. The van der Waals surface area contributed by atoms with E-state index < -0.39 is 0 Å². The number of amides is 1. The second-order valence-corrected chi connectivity index (χ2v) is 4.61. The molecule has 0 bridgehead atoms. The average Bonchev–Trinajstić information content (AvgIpc) is 2.76. The molecule has 100 valence electrons. The molecular formula is C13H17N5O. The van der Waals surface area contributed by atoms with Crippen molar-refractivity contribution in [1.29, 1.82) is 0 Å². The van der Waals surface area contributed by atoms with E-state index in [-0.39, 0.29) is 18.5 Å². The summed E-state index contributed by atoms with van der Waals surface area (Å²) in [5, 5.41) is 7.06. The van der Waals surface area contributed by atoms with E-state index in [1.54, 1.807) is 18.5 Å². The molecule has 2 rings (SSSR count). The number of aromatic nitrogens is 3. The predicted molar refractivity (Wildman–Crippen MR) is 73.1 cm³/mol. The first-order chi connectivity index (χ1) is 9.04. The van der Waals surface area contributed by atoms with Crippen molar-refractivity contribution in [2.45, 2.75) is 26.4 Å². The number of carbonyl (C=O) groups is 1. The molecule has 6 heteroatoms. The molecule has 0 radical (unpaired) electrons. The molecule has 0 fully saturated rings. The van der Waals surface area contributed by atoms with Crippen molar-refractivity contribution in [3.8, 4) is 11.4 Å². The quantitative estimate of drug-likeness (QED) is 0.804. The average molecular weight is 259 g/mol. The van der Waals surface area contributed by atoms with E-state index in [2.05, 4.69) is 15.4 Å². The Hall–Kier alpha value is -2.37. The molecule has 6 nitrogen and oxygen atoms in total. The number of nitrogens with one attached hydrogen (secondary N) is 1. The largest absolute Gasteiger partial charge is 0.399 e. The zero-order valence-electron chi connectivity index (χ0n) is 11.0. The van der Waals surface area contributed by atoms with Gasteiger partial charge in [0.05, 0.1) is 0 Å². The molecule has 0 aliphatic heterocycles. The summed E-state index contributed by atoms with van der Waals surface area (Å²) >= 11 is 0. The van der Waals surface area contributed by atoms with Crippen LogP contribution >= 0.6 is 0 Å². The van der Waals surface area contributed by atoms with Crippen molar-refractivity contribution >= 4 is 11.6 Å². The van der Waals surface area contributed by atoms with Crippen LogP contribution in [0.1, 0.15) is 13.8 Å².